The second-order valence-corrected chi connectivity index (χ2v) is 7.61. The van der Waals surface area contributed by atoms with Crippen LogP contribution in [0.3, 0.4) is 0 Å². The normalized spacial score (nSPS) is 14.7. The molecule has 33 heavy (non-hydrogen) atoms. The first kappa shape index (κ1) is 22.8. The van der Waals surface area contributed by atoms with Gasteiger partial charge in [0.15, 0.2) is 5.82 Å². The summed E-state index contributed by atoms with van der Waals surface area (Å²) in [6.45, 7) is -0.0469. The summed E-state index contributed by atoms with van der Waals surface area (Å²) in [6, 6.07) is 4.27. The highest BCUT2D eigenvalue weighted by Gasteiger charge is 2.37. The zero-order valence-electron chi connectivity index (χ0n) is 16.5. The van der Waals surface area contributed by atoms with Gasteiger partial charge in [0.1, 0.15) is 22.9 Å². The molecular weight excluding hydrogens is 475 g/mol. The molecule has 4 rings (SSSR count). The Kier molecular flexibility index (Phi) is 5.64. The van der Waals surface area contributed by atoms with Crippen LogP contribution in [0.5, 0.6) is 5.75 Å². The van der Waals surface area contributed by atoms with Gasteiger partial charge >= 0.3 is 12.3 Å². The van der Waals surface area contributed by atoms with Gasteiger partial charge in [-0.25, -0.2) is 23.5 Å². The molecule has 1 aliphatic rings. The maximum absolute atomic E-state index is 15.5. The van der Waals surface area contributed by atoms with Crippen molar-refractivity contribution in [1.82, 2.24) is 14.9 Å². The smallest absolute Gasteiger partial charge is 0.451 e. The molecule has 0 saturated carbocycles. The fraction of sp³-hybridized carbons (Fsp3) is 0.250. The quantitative estimate of drug-likeness (QED) is 0.506. The van der Waals surface area contributed by atoms with Crippen LogP contribution >= 0.6 is 11.6 Å². The van der Waals surface area contributed by atoms with Crippen molar-refractivity contribution in [2.24, 2.45) is 0 Å². The highest BCUT2D eigenvalue weighted by atomic mass is 35.5. The minimum Gasteiger partial charge on any atom is -0.507 e. The number of hydrogen-bond donors (Lipinski definition) is 2. The van der Waals surface area contributed by atoms with Crippen LogP contribution < -0.4 is 4.90 Å². The Hall–Kier alpha value is -3.41. The third-order valence-electron chi connectivity index (χ3n) is 5.21. The average Bonchev–Trinajstić information content (AvgIpc) is 2.74. The number of benzene rings is 2. The summed E-state index contributed by atoms with van der Waals surface area (Å²) in [6.07, 6.45) is -6.21. The number of rotatable bonds is 2. The maximum Gasteiger partial charge on any atom is 0.451 e. The fourth-order valence-corrected chi connectivity index (χ4v) is 3.93. The molecule has 0 aliphatic carbocycles. The molecule has 2 N–H and O–H groups in total. The van der Waals surface area contributed by atoms with E-state index in [0.29, 0.717) is 0 Å². The van der Waals surface area contributed by atoms with Crippen molar-refractivity contribution in [3.05, 3.63) is 46.7 Å². The van der Waals surface area contributed by atoms with Gasteiger partial charge in [-0.3, -0.25) is 0 Å². The first-order valence-electron chi connectivity index (χ1n) is 9.46. The molecule has 0 unspecified atom stereocenters. The molecule has 1 amide bonds. The van der Waals surface area contributed by atoms with Crippen LogP contribution in [0.15, 0.2) is 24.3 Å². The average molecular weight is 489 g/mol. The van der Waals surface area contributed by atoms with Crippen molar-refractivity contribution < 1.29 is 37.0 Å². The molecule has 1 saturated heterocycles. The predicted molar refractivity (Wildman–Crippen MR) is 108 cm³/mol. The Labute approximate surface area is 187 Å². The van der Waals surface area contributed by atoms with E-state index in [-0.39, 0.29) is 42.4 Å². The molecule has 174 valence electrons. The van der Waals surface area contributed by atoms with Crippen LogP contribution in [0.4, 0.5) is 32.6 Å². The lowest BCUT2D eigenvalue weighted by molar-refractivity contribution is -0.144. The van der Waals surface area contributed by atoms with E-state index in [1.54, 1.807) is 0 Å². The molecule has 7 nitrogen and oxygen atoms in total. The molecule has 1 aliphatic heterocycles. The van der Waals surface area contributed by atoms with Crippen molar-refractivity contribution >= 4 is 34.4 Å². The summed E-state index contributed by atoms with van der Waals surface area (Å²) < 4.78 is 70.5. The van der Waals surface area contributed by atoms with E-state index in [9.17, 15) is 27.5 Å². The van der Waals surface area contributed by atoms with E-state index < -0.39 is 52.1 Å². The molecule has 13 heteroatoms. The molecule has 0 atom stereocenters. The summed E-state index contributed by atoms with van der Waals surface area (Å²) in [5.74, 6) is -4.98. The Morgan fingerprint density at radius 2 is 1.73 bits per heavy atom. The van der Waals surface area contributed by atoms with Crippen molar-refractivity contribution in [2.45, 2.75) is 6.18 Å². The number of nitrogens with zero attached hydrogens (tertiary/aromatic N) is 4. The van der Waals surface area contributed by atoms with Crippen LogP contribution in [0.25, 0.3) is 22.0 Å². The summed E-state index contributed by atoms with van der Waals surface area (Å²) in [5, 5.41) is 18.6. The number of carbonyl (C=O) groups is 1. The molecular formula is C20H14ClF5N4O3. The van der Waals surface area contributed by atoms with Crippen LogP contribution in [-0.2, 0) is 6.18 Å². The number of aromatic nitrogens is 2. The molecule has 2 aromatic carbocycles. The fourth-order valence-electron chi connectivity index (χ4n) is 3.65. The highest BCUT2D eigenvalue weighted by Crippen LogP contribution is 2.43. The number of anilines is 1. The number of alkyl halides is 3. The third-order valence-corrected chi connectivity index (χ3v) is 5.51. The zero-order valence-corrected chi connectivity index (χ0v) is 17.3. The van der Waals surface area contributed by atoms with Crippen LogP contribution in [-0.4, -0.2) is 57.4 Å². The molecule has 0 spiro atoms. The van der Waals surface area contributed by atoms with Crippen molar-refractivity contribution in [3.63, 3.8) is 0 Å². The number of carboxylic acid groups (broad SMARTS) is 1. The van der Waals surface area contributed by atoms with Gasteiger partial charge in [0.25, 0.3) is 0 Å². The van der Waals surface area contributed by atoms with Gasteiger partial charge in [-0.1, -0.05) is 17.7 Å². The summed E-state index contributed by atoms with van der Waals surface area (Å²) >= 11 is 6.19. The van der Waals surface area contributed by atoms with E-state index in [4.69, 9.17) is 16.7 Å². The zero-order chi connectivity index (χ0) is 24.1. The van der Waals surface area contributed by atoms with Gasteiger partial charge in [-0.15, -0.1) is 0 Å². The lowest BCUT2D eigenvalue weighted by Gasteiger charge is -2.34. The topological polar surface area (TPSA) is 89.8 Å². The van der Waals surface area contributed by atoms with Crippen molar-refractivity contribution in [1.29, 1.82) is 0 Å². The Balaban J connectivity index is 1.95. The first-order chi connectivity index (χ1) is 15.5. The SMILES string of the molecule is O=C(O)N1CCN(c2nc(C(F)(F)F)nc3c(F)c(-c4c(O)cccc4F)c(Cl)cc23)CC1. The van der Waals surface area contributed by atoms with Gasteiger partial charge in [0.2, 0.25) is 5.82 Å². The lowest BCUT2D eigenvalue weighted by atomic mass is 10.0. The third kappa shape index (κ3) is 4.06. The number of aromatic hydroxyl groups is 1. The van der Waals surface area contributed by atoms with E-state index in [0.717, 1.165) is 23.1 Å². The predicted octanol–water partition coefficient (Wildman–Crippen LogP) is 4.75. The van der Waals surface area contributed by atoms with E-state index in [2.05, 4.69) is 9.97 Å². The number of fused-ring (bicyclic) bond motifs is 1. The molecule has 2 heterocycles. The maximum atomic E-state index is 15.5. The van der Waals surface area contributed by atoms with Gasteiger partial charge in [0, 0.05) is 37.1 Å². The van der Waals surface area contributed by atoms with Crippen LogP contribution in [0, 0.1) is 11.6 Å². The number of piperazine rings is 1. The summed E-state index contributed by atoms with van der Waals surface area (Å²) in [4.78, 5) is 20.5. The number of amides is 1. The van der Waals surface area contributed by atoms with Gasteiger partial charge in [-0.05, 0) is 18.2 Å². The van der Waals surface area contributed by atoms with Crippen LogP contribution in [0.1, 0.15) is 5.82 Å². The van der Waals surface area contributed by atoms with Gasteiger partial charge < -0.3 is 20.0 Å². The number of phenolic OH excluding ortho intramolecular Hbond substituents is 1. The van der Waals surface area contributed by atoms with Gasteiger partial charge in [-0.2, -0.15) is 13.2 Å². The minimum absolute atomic E-state index is 0.00913. The molecule has 1 aromatic heterocycles. The minimum atomic E-state index is -5.03. The molecule has 0 bridgehead atoms. The molecule has 1 fully saturated rings. The largest absolute Gasteiger partial charge is 0.507 e. The highest BCUT2D eigenvalue weighted by molar-refractivity contribution is 6.34. The van der Waals surface area contributed by atoms with Gasteiger partial charge in [0.05, 0.1) is 10.6 Å². The number of hydrogen-bond acceptors (Lipinski definition) is 5. The Morgan fingerprint density at radius 1 is 1.06 bits per heavy atom. The number of halogens is 6. The second kappa shape index (κ2) is 8.18. The summed E-state index contributed by atoms with van der Waals surface area (Å²) in [5.41, 5.74) is -2.03. The Morgan fingerprint density at radius 3 is 2.30 bits per heavy atom. The van der Waals surface area contributed by atoms with Crippen LogP contribution in [0.2, 0.25) is 5.02 Å². The van der Waals surface area contributed by atoms with Crippen molar-refractivity contribution in [2.75, 3.05) is 31.1 Å². The van der Waals surface area contributed by atoms with Crippen molar-refractivity contribution in [3.8, 4) is 16.9 Å². The first-order valence-corrected chi connectivity index (χ1v) is 9.84. The standard InChI is InChI=1S/C20H14ClF5N4O3/c21-10-8-9-16(15(23)13(10)14-11(22)2-1-3-12(14)31)27-18(20(24,25)26)28-17(9)29-4-6-30(7-5-29)19(32)33/h1-3,8,31H,4-7H2,(H,32,33). The van der Waals surface area contributed by atoms with E-state index in [1.807, 2.05) is 0 Å². The lowest BCUT2D eigenvalue weighted by Crippen LogP contribution is -2.48. The molecule has 0 radical (unpaired) electrons. The van der Waals surface area contributed by atoms with E-state index in [1.165, 1.54) is 11.0 Å². The Bertz CT molecular complexity index is 1240. The number of phenols is 1. The second-order valence-electron chi connectivity index (χ2n) is 7.20. The van der Waals surface area contributed by atoms with E-state index >= 15 is 4.39 Å². The monoisotopic (exact) mass is 488 g/mol. The summed E-state index contributed by atoms with van der Waals surface area (Å²) in [7, 11) is 0. The molecule has 3 aromatic rings.